The van der Waals surface area contributed by atoms with Crippen molar-refractivity contribution in [2.24, 2.45) is 0 Å². The molecule has 3 rings (SSSR count). The molecule has 1 saturated heterocycles. The van der Waals surface area contributed by atoms with E-state index in [2.05, 4.69) is 5.32 Å². The maximum absolute atomic E-state index is 12.3. The van der Waals surface area contributed by atoms with Crippen LogP contribution in [0.5, 0.6) is 0 Å². The largest absolute Gasteiger partial charge is 0.478 e. The van der Waals surface area contributed by atoms with Crippen molar-refractivity contribution in [3.63, 3.8) is 0 Å². The molecule has 0 bridgehead atoms. The average Bonchev–Trinajstić information content (AvgIpc) is 2.59. The van der Waals surface area contributed by atoms with Crippen LogP contribution in [-0.4, -0.2) is 56.0 Å². The first-order chi connectivity index (χ1) is 12.3. The van der Waals surface area contributed by atoms with Gasteiger partial charge in [-0.2, -0.15) is 0 Å². The highest BCUT2D eigenvalue weighted by Gasteiger charge is 2.53. The number of nitrogens with one attached hydrogen (secondary N) is 1. The molecule has 3 N–H and O–H groups in total. The van der Waals surface area contributed by atoms with E-state index in [1.54, 1.807) is 25.1 Å². The molecule has 1 fully saturated rings. The summed E-state index contributed by atoms with van der Waals surface area (Å²) < 4.78 is 0. The first-order valence-corrected chi connectivity index (χ1v) is 8.84. The number of rotatable bonds is 5. The van der Waals surface area contributed by atoms with Crippen molar-refractivity contribution in [3.05, 3.63) is 46.7 Å². The van der Waals surface area contributed by atoms with Gasteiger partial charge >= 0.3 is 11.9 Å². The van der Waals surface area contributed by atoms with E-state index in [1.165, 1.54) is 22.7 Å². The van der Waals surface area contributed by atoms with Gasteiger partial charge in [0.15, 0.2) is 0 Å². The third-order valence-electron chi connectivity index (χ3n) is 4.28. The third kappa shape index (κ3) is 3.05. The van der Waals surface area contributed by atoms with E-state index in [9.17, 15) is 24.3 Å². The van der Waals surface area contributed by atoms with Crippen molar-refractivity contribution >= 4 is 35.5 Å². The summed E-state index contributed by atoms with van der Waals surface area (Å²) in [6.45, 7) is 1.66. The number of carboxylic acids is 2. The molecule has 2 heterocycles. The van der Waals surface area contributed by atoms with Crippen molar-refractivity contribution in [1.29, 1.82) is 0 Å². The van der Waals surface area contributed by atoms with E-state index in [-0.39, 0.29) is 17.7 Å². The fraction of sp³-hybridized carbons (Fsp3) is 0.294. The summed E-state index contributed by atoms with van der Waals surface area (Å²) in [5.74, 6) is -2.79. The van der Waals surface area contributed by atoms with Gasteiger partial charge in [-0.25, -0.2) is 9.59 Å². The molecule has 2 aliphatic rings. The molecule has 136 valence electrons. The number of hydrogen-bond donors (Lipinski definition) is 3. The van der Waals surface area contributed by atoms with E-state index in [4.69, 9.17) is 5.11 Å². The van der Waals surface area contributed by atoms with Crippen LogP contribution in [0.2, 0.25) is 0 Å². The monoisotopic (exact) mass is 376 g/mol. The standard InChI is InChI=1S/C17H16N2O6S/c1-8-7-26-15-12(14(21)19(15)13(8)17(24)25)18-11(20)6-9-4-2-3-5-10(9)16(22)23/h2-5,12,15H,6-7H2,1H3,(H,18,20)(H,22,23)(H,24,25)/t12?,15-/m1/s1. The molecule has 9 heteroatoms. The topological polar surface area (TPSA) is 124 Å². The summed E-state index contributed by atoms with van der Waals surface area (Å²) in [4.78, 5) is 48.4. The number of nitrogens with zero attached hydrogens (tertiary/aromatic N) is 1. The van der Waals surface area contributed by atoms with Crippen LogP contribution in [0.3, 0.4) is 0 Å². The van der Waals surface area contributed by atoms with Gasteiger partial charge in [0.05, 0.1) is 12.0 Å². The molecule has 0 spiro atoms. The van der Waals surface area contributed by atoms with Gasteiger partial charge in [0.25, 0.3) is 5.91 Å². The van der Waals surface area contributed by atoms with Crippen LogP contribution in [0.1, 0.15) is 22.8 Å². The lowest BCUT2D eigenvalue weighted by Gasteiger charge is -2.49. The van der Waals surface area contributed by atoms with Crippen LogP contribution in [0, 0.1) is 0 Å². The quantitative estimate of drug-likeness (QED) is 0.646. The van der Waals surface area contributed by atoms with E-state index < -0.39 is 35.2 Å². The summed E-state index contributed by atoms with van der Waals surface area (Å²) in [6, 6.07) is 5.34. The van der Waals surface area contributed by atoms with Gasteiger partial charge in [-0.1, -0.05) is 18.2 Å². The van der Waals surface area contributed by atoms with Crippen LogP contribution in [-0.2, 0) is 20.8 Å². The molecular formula is C17H16N2O6S. The average molecular weight is 376 g/mol. The van der Waals surface area contributed by atoms with Gasteiger partial charge in [-0.3, -0.25) is 14.5 Å². The number of β-lactam (4-membered cyclic amide) rings is 1. The molecule has 0 aliphatic carbocycles. The van der Waals surface area contributed by atoms with E-state index >= 15 is 0 Å². The number of carboxylic acid groups (broad SMARTS) is 2. The predicted octanol–water partition coefficient (Wildman–Crippen LogP) is 0.686. The Balaban J connectivity index is 1.70. The van der Waals surface area contributed by atoms with Crippen molar-refractivity contribution in [1.82, 2.24) is 10.2 Å². The van der Waals surface area contributed by atoms with Crippen LogP contribution < -0.4 is 5.32 Å². The van der Waals surface area contributed by atoms with Crippen molar-refractivity contribution in [3.8, 4) is 0 Å². The molecule has 2 atom stereocenters. The third-order valence-corrected chi connectivity index (χ3v) is 5.70. The fourth-order valence-electron chi connectivity index (χ4n) is 3.06. The Morgan fingerprint density at radius 1 is 1.23 bits per heavy atom. The Hall–Kier alpha value is -2.81. The number of amides is 2. The molecule has 1 aromatic carbocycles. The molecule has 0 radical (unpaired) electrons. The number of aromatic carboxylic acids is 1. The number of fused-ring (bicyclic) bond motifs is 1. The zero-order valence-corrected chi connectivity index (χ0v) is 14.6. The second-order valence-electron chi connectivity index (χ2n) is 6.03. The van der Waals surface area contributed by atoms with Crippen molar-refractivity contribution < 1.29 is 29.4 Å². The minimum absolute atomic E-state index is 0.0273. The number of carbonyl (C=O) groups is 4. The summed E-state index contributed by atoms with van der Waals surface area (Å²) in [5, 5.41) is 20.6. The summed E-state index contributed by atoms with van der Waals surface area (Å²) in [7, 11) is 0. The van der Waals surface area contributed by atoms with Gasteiger partial charge in [-0.15, -0.1) is 11.8 Å². The first kappa shape index (κ1) is 18.0. The smallest absolute Gasteiger partial charge is 0.352 e. The van der Waals surface area contributed by atoms with Gasteiger partial charge in [0.1, 0.15) is 17.1 Å². The number of thioether (sulfide) groups is 1. The van der Waals surface area contributed by atoms with Gasteiger partial charge < -0.3 is 15.5 Å². The van der Waals surface area contributed by atoms with Crippen molar-refractivity contribution in [2.45, 2.75) is 24.8 Å². The molecular weight excluding hydrogens is 360 g/mol. The molecule has 2 amide bonds. The van der Waals surface area contributed by atoms with Crippen LogP contribution in [0.25, 0.3) is 0 Å². The second-order valence-corrected chi connectivity index (χ2v) is 7.13. The highest BCUT2D eigenvalue weighted by atomic mass is 32.2. The molecule has 2 aliphatic heterocycles. The molecule has 8 nitrogen and oxygen atoms in total. The Kier molecular flexibility index (Phi) is 4.73. The highest BCUT2D eigenvalue weighted by molar-refractivity contribution is 8.00. The van der Waals surface area contributed by atoms with E-state index in [0.29, 0.717) is 16.9 Å². The van der Waals surface area contributed by atoms with E-state index in [1.807, 2.05) is 0 Å². The second kappa shape index (κ2) is 6.83. The highest BCUT2D eigenvalue weighted by Crippen LogP contribution is 2.40. The minimum Gasteiger partial charge on any atom is -0.478 e. The number of carbonyl (C=O) groups excluding carboxylic acids is 2. The van der Waals surface area contributed by atoms with Crippen LogP contribution in [0.4, 0.5) is 0 Å². The normalized spacial score (nSPS) is 21.7. The lowest BCUT2D eigenvalue weighted by atomic mass is 10.0. The number of aliphatic carboxylic acids is 1. The molecule has 26 heavy (non-hydrogen) atoms. The maximum Gasteiger partial charge on any atom is 0.352 e. The van der Waals surface area contributed by atoms with Crippen LogP contribution >= 0.6 is 11.8 Å². The molecule has 0 saturated carbocycles. The van der Waals surface area contributed by atoms with Gasteiger partial charge in [-0.05, 0) is 24.1 Å². The summed E-state index contributed by atoms with van der Waals surface area (Å²) >= 11 is 1.39. The summed E-state index contributed by atoms with van der Waals surface area (Å²) in [5.41, 5.74) is 0.954. The Morgan fingerprint density at radius 2 is 1.92 bits per heavy atom. The van der Waals surface area contributed by atoms with E-state index in [0.717, 1.165) is 0 Å². The Bertz CT molecular complexity index is 849. The van der Waals surface area contributed by atoms with Crippen LogP contribution in [0.15, 0.2) is 35.5 Å². The first-order valence-electron chi connectivity index (χ1n) is 7.79. The van der Waals surface area contributed by atoms with Gasteiger partial charge in [0, 0.05) is 5.75 Å². The molecule has 0 aromatic heterocycles. The SMILES string of the molecule is CC1=C(C(=O)O)N2C(=O)C(NC(=O)Cc3ccccc3C(=O)O)[C@H]2SC1. The van der Waals surface area contributed by atoms with Crippen molar-refractivity contribution in [2.75, 3.05) is 5.75 Å². The fourth-order valence-corrected chi connectivity index (χ4v) is 4.35. The minimum atomic E-state index is -1.17. The zero-order valence-electron chi connectivity index (χ0n) is 13.8. The Morgan fingerprint density at radius 3 is 2.58 bits per heavy atom. The molecule has 1 aromatic rings. The summed E-state index contributed by atoms with van der Waals surface area (Å²) in [6.07, 6.45) is -0.176. The number of hydrogen-bond acceptors (Lipinski definition) is 5. The predicted molar refractivity (Wildman–Crippen MR) is 92.5 cm³/mol. The lowest BCUT2D eigenvalue weighted by Crippen LogP contribution is -2.70. The lowest BCUT2D eigenvalue weighted by molar-refractivity contribution is -0.150. The zero-order chi connectivity index (χ0) is 19.0. The Labute approximate surface area is 152 Å². The maximum atomic E-state index is 12.3. The molecule has 1 unspecified atom stereocenters. The number of benzene rings is 1. The van der Waals surface area contributed by atoms with Gasteiger partial charge in [0.2, 0.25) is 5.91 Å².